The van der Waals surface area contributed by atoms with Crippen molar-refractivity contribution in [1.29, 1.82) is 0 Å². The molecular formula is C9H17IN2O. The minimum atomic E-state index is 0.118. The van der Waals surface area contributed by atoms with Crippen molar-refractivity contribution in [3.05, 3.63) is 0 Å². The van der Waals surface area contributed by atoms with E-state index in [1.165, 1.54) is 0 Å². The second kappa shape index (κ2) is 4.13. The van der Waals surface area contributed by atoms with Crippen LogP contribution in [0.25, 0.3) is 0 Å². The highest BCUT2D eigenvalue weighted by Gasteiger charge is 2.29. The molecule has 1 saturated heterocycles. The fourth-order valence-electron chi connectivity index (χ4n) is 1.41. The summed E-state index contributed by atoms with van der Waals surface area (Å²) in [6, 6.07) is 0. The number of hydrogen-bond donors (Lipinski definition) is 0. The Labute approximate surface area is 93.6 Å². The summed E-state index contributed by atoms with van der Waals surface area (Å²) in [5.41, 5.74) is 0.118. The number of rotatable bonds is 1. The maximum atomic E-state index is 11.6. The summed E-state index contributed by atoms with van der Waals surface area (Å²) in [4.78, 5) is 15.7. The summed E-state index contributed by atoms with van der Waals surface area (Å²) in [6.45, 7) is 8.91. The van der Waals surface area contributed by atoms with Crippen LogP contribution in [0.2, 0.25) is 0 Å². The van der Waals surface area contributed by atoms with Crippen LogP contribution in [0.5, 0.6) is 0 Å². The maximum absolute atomic E-state index is 11.6. The third kappa shape index (κ3) is 2.80. The van der Waals surface area contributed by atoms with E-state index in [2.05, 4.69) is 48.3 Å². The van der Waals surface area contributed by atoms with Crippen LogP contribution in [-0.2, 0) is 4.79 Å². The van der Waals surface area contributed by atoms with Gasteiger partial charge in [-0.15, -0.1) is 0 Å². The fraction of sp³-hybridized carbons (Fsp3) is 0.889. The molecule has 0 unspecified atom stereocenters. The van der Waals surface area contributed by atoms with Crippen LogP contribution >= 0.6 is 22.6 Å². The lowest BCUT2D eigenvalue weighted by Crippen LogP contribution is -2.55. The third-order valence-corrected chi connectivity index (χ3v) is 3.24. The van der Waals surface area contributed by atoms with Gasteiger partial charge in [0, 0.05) is 18.6 Å². The summed E-state index contributed by atoms with van der Waals surface area (Å²) in [7, 11) is 0. The molecule has 13 heavy (non-hydrogen) atoms. The first-order chi connectivity index (χ1) is 5.95. The normalized spacial score (nSPS) is 20.9. The first-order valence-corrected chi connectivity index (χ1v) is 6.06. The van der Waals surface area contributed by atoms with Gasteiger partial charge < -0.3 is 4.90 Å². The molecule has 0 spiro atoms. The van der Waals surface area contributed by atoms with Gasteiger partial charge in [0.15, 0.2) is 0 Å². The van der Waals surface area contributed by atoms with Crippen LogP contribution in [-0.4, -0.2) is 45.4 Å². The van der Waals surface area contributed by atoms with Crippen molar-refractivity contribution >= 4 is 28.5 Å². The number of nitrogens with zero attached hydrogens (tertiary/aromatic N) is 2. The molecule has 76 valence electrons. The Morgan fingerprint density at radius 1 is 1.38 bits per heavy atom. The van der Waals surface area contributed by atoms with Crippen molar-refractivity contribution in [2.24, 2.45) is 0 Å². The molecule has 0 atom stereocenters. The predicted molar refractivity (Wildman–Crippen MR) is 61.9 cm³/mol. The number of alkyl halides is 1. The van der Waals surface area contributed by atoms with Gasteiger partial charge in [0.2, 0.25) is 5.91 Å². The van der Waals surface area contributed by atoms with E-state index in [0.717, 1.165) is 17.6 Å². The molecule has 0 N–H and O–H groups in total. The van der Waals surface area contributed by atoms with Gasteiger partial charge in [0.25, 0.3) is 0 Å². The van der Waals surface area contributed by atoms with Crippen LogP contribution in [0.4, 0.5) is 0 Å². The van der Waals surface area contributed by atoms with E-state index in [1.807, 2.05) is 4.90 Å². The lowest BCUT2D eigenvalue weighted by molar-refractivity contribution is -0.136. The first kappa shape index (κ1) is 11.2. The molecule has 0 bridgehead atoms. The van der Waals surface area contributed by atoms with Gasteiger partial charge in [-0.3, -0.25) is 9.69 Å². The van der Waals surface area contributed by atoms with Crippen LogP contribution in [0.3, 0.4) is 0 Å². The number of piperazine rings is 1. The van der Waals surface area contributed by atoms with Crippen LogP contribution in [0, 0.1) is 0 Å². The third-order valence-electron chi connectivity index (χ3n) is 2.41. The lowest BCUT2D eigenvalue weighted by Gasteiger charge is -2.41. The minimum Gasteiger partial charge on any atom is -0.331 e. The molecule has 1 amide bonds. The smallest absolute Gasteiger partial charge is 0.237 e. The molecule has 0 aliphatic carbocycles. The molecular weight excluding hydrogens is 279 g/mol. The molecule has 0 radical (unpaired) electrons. The summed E-state index contributed by atoms with van der Waals surface area (Å²) < 4.78 is 0.814. The summed E-state index contributed by atoms with van der Waals surface area (Å²) >= 11 is 2.24. The monoisotopic (exact) mass is 296 g/mol. The number of carbonyl (C=O) groups excluding carboxylic acids is 1. The van der Waals surface area contributed by atoms with Gasteiger partial charge in [0.05, 0.1) is 11.1 Å². The first-order valence-electron chi connectivity index (χ1n) is 4.54. The molecule has 1 heterocycles. The van der Waals surface area contributed by atoms with E-state index < -0.39 is 0 Å². The molecule has 0 aromatic rings. The molecule has 4 heteroatoms. The molecule has 0 aromatic heterocycles. The van der Waals surface area contributed by atoms with Crippen molar-refractivity contribution in [1.82, 2.24) is 9.80 Å². The highest BCUT2D eigenvalue weighted by Crippen LogP contribution is 2.16. The van der Waals surface area contributed by atoms with Crippen LogP contribution in [0.15, 0.2) is 0 Å². The molecule has 1 aliphatic rings. The summed E-state index contributed by atoms with van der Waals surface area (Å²) in [6.07, 6.45) is 0. The van der Waals surface area contributed by atoms with Crippen molar-refractivity contribution in [2.45, 2.75) is 26.3 Å². The van der Waals surface area contributed by atoms with E-state index in [1.54, 1.807) is 0 Å². The average molecular weight is 296 g/mol. The highest BCUT2D eigenvalue weighted by atomic mass is 127. The predicted octanol–water partition coefficient (Wildman–Crippen LogP) is 1.32. The van der Waals surface area contributed by atoms with E-state index in [-0.39, 0.29) is 11.4 Å². The standard InChI is InChI=1S/C9H17IN2O/c1-9(2,3)12-5-4-11(7-10)8(13)6-12/h4-7H2,1-3H3. The Bertz CT molecular complexity index is 200. The Morgan fingerprint density at radius 3 is 2.38 bits per heavy atom. The Hall–Kier alpha value is 0.160. The molecule has 1 rings (SSSR count). The highest BCUT2D eigenvalue weighted by molar-refractivity contribution is 14.1. The fourth-order valence-corrected chi connectivity index (χ4v) is 2.13. The van der Waals surface area contributed by atoms with Gasteiger partial charge >= 0.3 is 0 Å². The SMILES string of the molecule is CC(C)(C)N1CCN(CI)C(=O)C1. The lowest BCUT2D eigenvalue weighted by atomic mass is 10.1. The van der Waals surface area contributed by atoms with Crippen molar-refractivity contribution < 1.29 is 4.79 Å². The van der Waals surface area contributed by atoms with Gasteiger partial charge in [0.1, 0.15) is 0 Å². The number of hydrogen-bond acceptors (Lipinski definition) is 2. The molecule has 1 aliphatic heterocycles. The zero-order valence-electron chi connectivity index (χ0n) is 8.51. The topological polar surface area (TPSA) is 23.6 Å². The average Bonchev–Trinajstić information content (AvgIpc) is 2.02. The van der Waals surface area contributed by atoms with Gasteiger partial charge in [-0.05, 0) is 20.8 Å². The molecule has 1 fully saturated rings. The Kier molecular flexibility index (Phi) is 3.57. The van der Waals surface area contributed by atoms with Gasteiger partial charge in [-0.2, -0.15) is 0 Å². The Morgan fingerprint density at radius 2 is 2.00 bits per heavy atom. The van der Waals surface area contributed by atoms with Crippen molar-refractivity contribution in [3.63, 3.8) is 0 Å². The quantitative estimate of drug-likeness (QED) is 0.414. The van der Waals surface area contributed by atoms with E-state index in [4.69, 9.17) is 0 Å². The molecule has 3 nitrogen and oxygen atoms in total. The van der Waals surface area contributed by atoms with Gasteiger partial charge in [-0.1, -0.05) is 22.6 Å². The van der Waals surface area contributed by atoms with E-state index in [0.29, 0.717) is 6.54 Å². The second-order valence-electron chi connectivity index (χ2n) is 4.37. The Balaban J connectivity index is 2.56. The zero-order chi connectivity index (χ0) is 10.1. The van der Waals surface area contributed by atoms with Crippen molar-refractivity contribution in [3.8, 4) is 0 Å². The van der Waals surface area contributed by atoms with E-state index >= 15 is 0 Å². The largest absolute Gasteiger partial charge is 0.331 e. The molecule has 0 aromatic carbocycles. The minimum absolute atomic E-state index is 0.118. The van der Waals surface area contributed by atoms with Crippen molar-refractivity contribution in [2.75, 3.05) is 24.2 Å². The zero-order valence-corrected chi connectivity index (χ0v) is 10.7. The summed E-state index contributed by atoms with van der Waals surface area (Å²) in [5, 5.41) is 0. The van der Waals surface area contributed by atoms with Gasteiger partial charge in [-0.25, -0.2) is 0 Å². The maximum Gasteiger partial charge on any atom is 0.237 e. The molecule has 0 saturated carbocycles. The number of amides is 1. The summed E-state index contributed by atoms with van der Waals surface area (Å²) in [5.74, 6) is 0.260. The van der Waals surface area contributed by atoms with Crippen LogP contribution < -0.4 is 0 Å². The van der Waals surface area contributed by atoms with Crippen LogP contribution in [0.1, 0.15) is 20.8 Å². The second-order valence-corrected chi connectivity index (χ2v) is 5.05. The number of halogens is 1. The van der Waals surface area contributed by atoms with E-state index in [9.17, 15) is 4.79 Å². The number of carbonyl (C=O) groups is 1.